The Labute approximate surface area is 83.7 Å². The number of aromatic nitrogens is 1. The van der Waals surface area contributed by atoms with E-state index in [9.17, 15) is 5.11 Å². The van der Waals surface area contributed by atoms with Crippen LogP contribution >= 0.6 is 0 Å². The first-order valence-electron chi connectivity index (χ1n) is 4.47. The van der Waals surface area contributed by atoms with Crippen LogP contribution < -0.4 is 10.5 Å². The van der Waals surface area contributed by atoms with Gasteiger partial charge in [-0.3, -0.25) is 4.98 Å². The van der Waals surface area contributed by atoms with Gasteiger partial charge in [-0.15, -0.1) is 0 Å². The summed E-state index contributed by atoms with van der Waals surface area (Å²) >= 11 is 0. The molecule has 1 rings (SSSR count). The molecule has 0 fully saturated rings. The summed E-state index contributed by atoms with van der Waals surface area (Å²) in [7, 11) is 1.58. The molecular formula is C10H16N2O2. The largest absolute Gasteiger partial charge is 0.495 e. The van der Waals surface area contributed by atoms with Crippen molar-refractivity contribution in [3.05, 3.63) is 24.0 Å². The average molecular weight is 196 g/mol. The fraction of sp³-hybridized carbons (Fsp3) is 0.500. The predicted molar refractivity (Wildman–Crippen MR) is 54.3 cm³/mol. The summed E-state index contributed by atoms with van der Waals surface area (Å²) in [5.41, 5.74) is 6.06. The smallest absolute Gasteiger partial charge is 0.137 e. The molecule has 0 spiro atoms. The fourth-order valence-corrected chi connectivity index (χ4v) is 1.13. The maximum atomic E-state index is 9.25. The van der Waals surface area contributed by atoms with Crippen molar-refractivity contribution in [1.29, 1.82) is 0 Å². The van der Waals surface area contributed by atoms with Gasteiger partial charge in [0.15, 0.2) is 0 Å². The molecule has 0 aromatic carbocycles. The number of pyridine rings is 1. The van der Waals surface area contributed by atoms with E-state index in [4.69, 9.17) is 10.5 Å². The van der Waals surface area contributed by atoms with Crippen molar-refractivity contribution < 1.29 is 9.84 Å². The van der Waals surface area contributed by atoms with Gasteiger partial charge in [-0.2, -0.15) is 0 Å². The van der Waals surface area contributed by atoms with Gasteiger partial charge >= 0.3 is 0 Å². The molecule has 3 N–H and O–H groups in total. The van der Waals surface area contributed by atoms with Crippen LogP contribution in [0, 0.1) is 0 Å². The van der Waals surface area contributed by atoms with Crippen molar-refractivity contribution in [2.45, 2.75) is 12.3 Å². The average Bonchev–Trinajstić information content (AvgIpc) is 2.28. The molecule has 78 valence electrons. The second kappa shape index (κ2) is 4.39. The van der Waals surface area contributed by atoms with Gasteiger partial charge < -0.3 is 15.6 Å². The molecule has 1 aromatic heterocycles. The van der Waals surface area contributed by atoms with E-state index >= 15 is 0 Å². The highest BCUT2D eigenvalue weighted by Crippen LogP contribution is 2.24. The molecule has 0 radical (unpaired) electrons. The van der Waals surface area contributed by atoms with Gasteiger partial charge in [0.2, 0.25) is 0 Å². The summed E-state index contributed by atoms with van der Waals surface area (Å²) in [6, 6.07) is 1.84. The molecule has 1 atom stereocenters. The maximum absolute atomic E-state index is 9.25. The Kier molecular flexibility index (Phi) is 3.43. The number of nitrogens with zero attached hydrogens (tertiary/aromatic N) is 1. The lowest BCUT2D eigenvalue weighted by atomic mass is 9.84. The minimum atomic E-state index is -0.443. The van der Waals surface area contributed by atoms with Gasteiger partial charge in [0, 0.05) is 18.2 Å². The number of ether oxygens (including phenoxy) is 1. The van der Waals surface area contributed by atoms with E-state index in [1.165, 1.54) is 0 Å². The maximum Gasteiger partial charge on any atom is 0.137 e. The molecule has 1 aromatic rings. The molecule has 0 aliphatic rings. The van der Waals surface area contributed by atoms with Crippen molar-refractivity contribution in [1.82, 2.24) is 4.98 Å². The zero-order valence-corrected chi connectivity index (χ0v) is 8.53. The third-order valence-electron chi connectivity index (χ3n) is 2.45. The van der Waals surface area contributed by atoms with E-state index in [1.807, 2.05) is 13.0 Å². The third-order valence-corrected chi connectivity index (χ3v) is 2.45. The second-order valence-electron chi connectivity index (χ2n) is 3.54. The van der Waals surface area contributed by atoms with Gasteiger partial charge in [0.1, 0.15) is 5.75 Å². The number of rotatable bonds is 4. The second-order valence-corrected chi connectivity index (χ2v) is 3.54. The molecule has 0 saturated heterocycles. The summed E-state index contributed by atoms with van der Waals surface area (Å²) in [5.74, 6) is 0.677. The zero-order chi connectivity index (χ0) is 10.6. The molecule has 14 heavy (non-hydrogen) atoms. The normalized spacial score (nSPS) is 14.9. The van der Waals surface area contributed by atoms with Crippen molar-refractivity contribution in [3.8, 4) is 5.75 Å². The first kappa shape index (κ1) is 10.9. The first-order valence-corrected chi connectivity index (χ1v) is 4.47. The van der Waals surface area contributed by atoms with Gasteiger partial charge in [-0.05, 0) is 11.6 Å². The number of nitrogens with two attached hydrogens (primary N) is 1. The van der Waals surface area contributed by atoms with Crippen molar-refractivity contribution in [2.24, 2.45) is 5.73 Å². The van der Waals surface area contributed by atoms with E-state index in [-0.39, 0.29) is 6.61 Å². The lowest BCUT2D eigenvalue weighted by molar-refractivity contribution is 0.209. The molecular weight excluding hydrogens is 180 g/mol. The highest BCUT2D eigenvalue weighted by molar-refractivity contribution is 5.29. The molecule has 4 heteroatoms. The van der Waals surface area contributed by atoms with Gasteiger partial charge in [-0.25, -0.2) is 0 Å². The van der Waals surface area contributed by atoms with Crippen molar-refractivity contribution >= 4 is 0 Å². The quantitative estimate of drug-likeness (QED) is 0.726. The van der Waals surface area contributed by atoms with Crippen LogP contribution in [-0.4, -0.2) is 30.4 Å². The van der Waals surface area contributed by atoms with Gasteiger partial charge in [0.05, 0.1) is 19.9 Å². The van der Waals surface area contributed by atoms with Crippen LogP contribution in [0.3, 0.4) is 0 Å². The van der Waals surface area contributed by atoms with Crippen LogP contribution in [0.1, 0.15) is 12.5 Å². The van der Waals surface area contributed by atoms with E-state index in [0.717, 1.165) is 5.56 Å². The fourth-order valence-electron chi connectivity index (χ4n) is 1.13. The van der Waals surface area contributed by atoms with Crippen molar-refractivity contribution in [2.75, 3.05) is 20.3 Å². The van der Waals surface area contributed by atoms with E-state index in [0.29, 0.717) is 12.3 Å². The number of methoxy groups -OCH3 is 1. The monoisotopic (exact) mass is 196 g/mol. The molecule has 1 heterocycles. The SMILES string of the molecule is COc1cncc(C(C)(CN)CO)c1. The summed E-state index contributed by atoms with van der Waals surface area (Å²) in [6.07, 6.45) is 3.32. The minimum Gasteiger partial charge on any atom is -0.495 e. The molecule has 1 unspecified atom stereocenters. The number of aliphatic hydroxyl groups excluding tert-OH is 1. The Morgan fingerprint density at radius 2 is 2.29 bits per heavy atom. The minimum absolute atomic E-state index is 0.00164. The third kappa shape index (κ3) is 2.02. The van der Waals surface area contributed by atoms with Crippen LogP contribution in [0.15, 0.2) is 18.5 Å². The molecule has 4 nitrogen and oxygen atoms in total. The van der Waals surface area contributed by atoms with E-state index in [1.54, 1.807) is 19.5 Å². The number of hydrogen-bond acceptors (Lipinski definition) is 4. The number of aliphatic hydroxyl groups is 1. The Hall–Kier alpha value is -1.13. The highest BCUT2D eigenvalue weighted by atomic mass is 16.5. The summed E-state index contributed by atoms with van der Waals surface area (Å²) in [5, 5.41) is 9.25. The van der Waals surface area contributed by atoms with Gasteiger partial charge in [-0.1, -0.05) is 6.92 Å². The van der Waals surface area contributed by atoms with Crippen LogP contribution in [0.2, 0.25) is 0 Å². The standard InChI is InChI=1S/C10H16N2O2/c1-10(6-11,7-13)8-3-9(14-2)5-12-4-8/h3-5,13H,6-7,11H2,1-2H3. The summed E-state index contributed by atoms with van der Waals surface area (Å²) in [6.45, 7) is 2.26. The van der Waals surface area contributed by atoms with Gasteiger partial charge in [0.25, 0.3) is 0 Å². The summed E-state index contributed by atoms with van der Waals surface area (Å²) in [4.78, 5) is 4.03. The molecule has 0 bridgehead atoms. The van der Waals surface area contributed by atoms with E-state index in [2.05, 4.69) is 4.98 Å². The summed E-state index contributed by atoms with van der Waals surface area (Å²) < 4.78 is 5.05. The van der Waals surface area contributed by atoms with Crippen LogP contribution in [0.4, 0.5) is 0 Å². The Bertz CT molecular complexity index is 298. The number of hydrogen-bond donors (Lipinski definition) is 2. The lowest BCUT2D eigenvalue weighted by Crippen LogP contribution is -2.35. The van der Waals surface area contributed by atoms with Crippen LogP contribution in [-0.2, 0) is 5.41 Å². The van der Waals surface area contributed by atoms with Crippen LogP contribution in [0.5, 0.6) is 5.75 Å². The van der Waals surface area contributed by atoms with Crippen molar-refractivity contribution in [3.63, 3.8) is 0 Å². The molecule has 0 aliphatic heterocycles. The van der Waals surface area contributed by atoms with E-state index < -0.39 is 5.41 Å². The molecule has 0 amide bonds. The lowest BCUT2D eigenvalue weighted by Gasteiger charge is -2.25. The topological polar surface area (TPSA) is 68.4 Å². The van der Waals surface area contributed by atoms with Crippen LogP contribution in [0.25, 0.3) is 0 Å². The zero-order valence-electron chi connectivity index (χ0n) is 8.53. The molecule has 0 saturated carbocycles. The Balaban J connectivity index is 3.04. The molecule has 0 aliphatic carbocycles. The first-order chi connectivity index (χ1) is 6.66. The predicted octanol–water partition coefficient (Wildman–Crippen LogP) is 0.299. The Morgan fingerprint density at radius 3 is 2.79 bits per heavy atom. The Morgan fingerprint density at radius 1 is 1.57 bits per heavy atom. The highest BCUT2D eigenvalue weighted by Gasteiger charge is 2.24.